The topological polar surface area (TPSA) is 75.4 Å². The molecule has 78 valence electrons. The van der Waals surface area contributed by atoms with Gasteiger partial charge in [0.1, 0.15) is 0 Å². The first kappa shape index (κ1) is 9.51. The van der Waals surface area contributed by atoms with Crippen LogP contribution in [0.3, 0.4) is 0 Å². The number of imide groups is 1. The molecule has 0 spiro atoms. The highest BCUT2D eigenvalue weighted by Gasteiger charge is 2.22. The molecule has 1 fully saturated rings. The van der Waals surface area contributed by atoms with E-state index in [1.54, 1.807) is 29.2 Å². The summed E-state index contributed by atoms with van der Waals surface area (Å²) in [5, 5.41) is 2.25. The standard InChI is InChI=1S/C10H11N3O2/c11-7-1-3-8(4-2-7)13-5-9(14)12-10(15)6-13/h1-4H,5-6,11H2,(H,12,14,15). The second-order valence-electron chi connectivity index (χ2n) is 3.42. The lowest BCUT2D eigenvalue weighted by Gasteiger charge is -2.27. The summed E-state index contributed by atoms with van der Waals surface area (Å²) < 4.78 is 0. The fourth-order valence-electron chi connectivity index (χ4n) is 1.50. The van der Waals surface area contributed by atoms with Gasteiger partial charge in [0, 0.05) is 11.4 Å². The van der Waals surface area contributed by atoms with Gasteiger partial charge in [-0.05, 0) is 24.3 Å². The van der Waals surface area contributed by atoms with Crippen molar-refractivity contribution < 1.29 is 9.59 Å². The Bertz CT molecular complexity index is 384. The molecule has 2 rings (SSSR count). The summed E-state index contributed by atoms with van der Waals surface area (Å²) in [7, 11) is 0. The smallest absolute Gasteiger partial charge is 0.246 e. The number of piperazine rings is 1. The van der Waals surface area contributed by atoms with Crippen molar-refractivity contribution in [3.63, 3.8) is 0 Å². The van der Waals surface area contributed by atoms with Crippen molar-refractivity contribution in [1.82, 2.24) is 5.32 Å². The molecule has 0 radical (unpaired) electrons. The van der Waals surface area contributed by atoms with Gasteiger partial charge in [0.2, 0.25) is 11.8 Å². The number of nitrogens with two attached hydrogens (primary N) is 1. The van der Waals surface area contributed by atoms with E-state index < -0.39 is 0 Å². The predicted molar refractivity (Wildman–Crippen MR) is 56.2 cm³/mol. The molecule has 5 nitrogen and oxygen atoms in total. The largest absolute Gasteiger partial charge is 0.399 e. The molecule has 0 aromatic heterocycles. The molecule has 1 heterocycles. The van der Waals surface area contributed by atoms with E-state index in [9.17, 15) is 9.59 Å². The summed E-state index contributed by atoms with van der Waals surface area (Å²) in [6, 6.07) is 7.07. The lowest BCUT2D eigenvalue weighted by Crippen LogP contribution is -2.51. The second kappa shape index (κ2) is 3.61. The molecule has 15 heavy (non-hydrogen) atoms. The van der Waals surface area contributed by atoms with E-state index >= 15 is 0 Å². The highest BCUT2D eigenvalue weighted by Crippen LogP contribution is 2.16. The molecule has 1 aliphatic rings. The van der Waals surface area contributed by atoms with Gasteiger partial charge in [0.15, 0.2) is 0 Å². The Morgan fingerprint density at radius 2 is 1.60 bits per heavy atom. The minimum absolute atomic E-state index is 0.204. The van der Waals surface area contributed by atoms with Crippen molar-refractivity contribution in [1.29, 1.82) is 0 Å². The third kappa shape index (κ3) is 2.07. The Kier molecular flexibility index (Phi) is 2.29. The summed E-state index contributed by atoms with van der Waals surface area (Å²) in [5.74, 6) is -0.550. The Labute approximate surface area is 86.9 Å². The average Bonchev–Trinajstić information content (AvgIpc) is 2.17. The third-order valence-corrected chi connectivity index (χ3v) is 2.21. The van der Waals surface area contributed by atoms with E-state index in [1.807, 2.05) is 0 Å². The van der Waals surface area contributed by atoms with Gasteiger partial charge in [-0.3, -0.25) is 14.9 Å². The second-order valence-corrected chi connectivity index (χ2v) is 3.42. The van der Waals surface area contributed by atoms with E-state index in [0.29, 0.717) is 5.69 Å². The van der Waals surface area contributed by atoms with Crippen LogP contribution in [0.1, 0.15) is 0 Å². The van der Waals surface area contributed by atoms with E-state index in [1.165, 1.54) is 0 Å². The van der Waals surface area contributed by atoms with Crippen LogP contribution in [0.25, 0.3) is 0 Å². The first-order valence-corrected chi connectivity index (χ1v) is 4.58. The van der Waals surface area contributed by atoms with Gasteiger partial charge in [-0.2, -0.15) is 0 Å². The van der Waals surface area contributed by atoms with Crippen LogP contribution in [0.5, 0.6) is 0 Å². The normalized spacial score (nSPS) is 16.4. The van der Waals surface area contributed by atoms with Crippen LogP contribution in [0.15, 0.2) is 24.3 Å². The quantitative estimate of drug-likeness (QED) is 0.489. The minimum atomic E-state index is -0.275. The zero-order valence-corrected chi connectivity index (χ0v) is 8.06. The zero-order chi connectivity index (χ0) is 10.8. The Balaban J connectivity index is 2.19. The number of benzene rings is 1. The molecule has 1 aromatic carbocycles. The van der Waals surface area contributed by atoms with Crippen LogP contribution in [0.4, 0.5) is 11.4 Å². The molecule has 1 aliphatic heterocycles. The molecule has 5 heteroatoms. The number of amides is 2. The van der Waals surface area contributed by atoms with Crippen molar-refractivity contribution >= 4 is 23.2 Å². The number of nitrogen functional groups attached to an aromatic ring is 1. The van der Waals surface area contributed by atoms with Crippen molar-refractivity contribution in [3.05, 3.63) is 24.3 Å². The van der Waals surface area contributed by atoms with Crippen molar-refractivity contribution in [2.75, 3.05) is 23.7 Å². The van der Waals surface area contributed by atoms with Gasteiger partial charge in [0.25, 0.3) is 0 Å². The molecule has 3 N–H and O–H groups in total. The summed E-state index contributed by atoms with van der Waals surface area (Å²) >= 11 is 0. The van der Waals surface area contributed by atoms with E-state index in [0.717, 1.165) is 5.69 Å². The van der Waals surface area contributed by atoms with Gasteiger partial charge in [-0.25, -0.2) is 0 Å². The summed E-state index contributed by atoms with van der Waals surface area (Å²) in [6.07, 6.45) is 0. The van der Waals surface area contributed by atoms with E-state index in [-0.39, 0.29) is 24.9 Å². The van der Waals surface area contributed by atoms with Gasteiger partial charge >= 0.3 is 0 Å². The molecule has 0 aliphatic carbocycles. The van der Waals surface area contributed by atoms with Crippen LogP contribution in [-0.2, 0) is 9.59 Å². The monoisotopic (exact) mass is 205 g/mol. The maximum Gasteiger partial charge on any atom is 0.246 e. The van der Waals surface area contributed by atoms with Crippen LogP contribution < -0.4 is 16.0 Å². The van der Waals surface area contributed by atoms with Crippen LogP contribution in [-0.4, -0.2) is 24.9 Å². The fourth-order valence-corrected chi connectivity index (χ4v) is 1.50. The van der Waals surface area contributed by atoms with E-state index in [2.05, 4.69) is 5.32 Å². The number of hydrogen-bond acceptors (Lipinski definition) is 4. The van der Waals surface area contributed by atoms with Gasteiger partial charge < -0.3 is 10.6 Å². The molecule has 0 unspecified atom stereocenters. The lowest BCUT2D eigenvalue weighted by atomic mass is 10.2. The van der Waals surface area contributed by atoms with Crippen LogP contribution in [0, 0.1) is 0 Å². The predicted octanol–water partition coefficient (Wildman–Crippen LogP) is -0.268. The lowest BCUT2D eigenvalue weighted by molar-refractivity contribution is -0.130. The number of nitrogens with zero attached hydrogens (tertiary/aromatic N) is 1. The van der Waals surface area contributed by atoms with E-state index in [4.69, 9.17) is 5.73 Å². The molecule has 1 aromatic rings. The minimum Gasteiger partial charge on any atom is -0.399 e. The molecule has 0 bridgehead atoms. The molecule has 2 amide bonds. The molecular formula is C10H11N3O2. The fraction of sp³-hybridized carbons (Fsp3) is 0.200. The molecule has 0 atom stereocenters. The van der Waals surface area contributed by atoms with Gasteiger partial charge in [-0.1, -0.05) is 0 Å². The Morgan fingerprint density at radius 1 is 1.07 bits per heavy atom. The summed E-state index contributed by atoms with van der Waals surface area (Å²) in [5.41, 5.74) is 7.03. The van der Waals surface area contributed by atoms with Crippen molar-refractivity contribution in [3.8, 4) is 0 Å². The van der Waals surface area contributed by atoms with Gasteiger partial charge in [0.05, 0.1) is 13.1 Å². The molecule has 0 saturated carbocycles. The highest BCUT2D eigenvalue weighted by molar-refractivity contribution is 6.02. The van der Waals surface area contributed by atoms with Gasteiger partial charge in [-0.15, -0.1) is 0 Å². The Hall–Kier alpha value is -2.04. The maximum atomic E-state index is 11.1. The number of rotatable bonds is 1. The third-order valence-electron chi connectivity index (χ3n) is 2.21. The first-order chi connectivity index (χ1) is 7.15. The molecular weight excluding hydrogens is 194 g/mol. The average molecular weight is 205 g/mol. The summed E-state index contributed by atoms with van der Waals surface area (Å²) in [4.78, 5) is 24.0. The first-order valence-electron chi connectivity index (χ1n) is 4.58. The highest BCUT2D eigenvalue weighted by atomic mass is 16.2. The number of nitrogens with one attached hydrogen (secondary N) is 1. The van der Waals surface area contributed by atoms with Crippen LogP contribution >= 0.6 is 0 Å². The maximum absolute atomic E-state index is 11.1. The molecule has 1 saturated heterocycles. The zero-order valence-electron chi connectivity index (χ0n) is 8.06. The number of anilines is 2. The number of carbonyl (C=O) groups is 2. The van der Waals surface area contributed by atoms with Crippen molar-refractivity contribution in [2.45, 2.75) is 0 Å². The van der Waals surface area contributed by atoms with Crippen molar-refractivity contribution in [2.24, 2.45) is 0 Å². The van der Waals surface area contributed by atoms with Crippen LogP contribution in [0.2, 0.25) is 0 Å². The Morgan fingerprint density at radius 3 is 2.13 bits per heavy atom. The summed E-state index contributed by atoms with van der Waals surface area (Å²) in [6.45, 7) is 0.408. The SMILES string of the molecule is Nc1ccc(N2CC(=O)NC(=O)C2)cc1. The number of carbonyl (C=O) groups excluding carboxylic acids is 2. The number of hydrogen-bond donors (Lipinski definition) is 2.